The molecule has 1 N–H and O–H groups in total. The quantitative estimate of drug-likeness (QED) is 0.637. The van der Waals surface area contributed by atoms with Crippen molar-refractivity contribution in [3.05, 3.63) is 29.7 Å². The van der Waals surface area contributed by atoms with Crippen LogP contribution < -0.4 is 0 Å². The zero-order valence-corrected chi connectivity index (χ0v) is 6.00. The minimum absolute atomic E-state index is 0.0185. The smallest absolute Gasteiger partial charge is 0.143 e. The second kappa shape index (κ2) is 2.31. The minimum atomic E-state index is -0.519. The van der Waals surface area contributed by atoms with Crippen molar-refractivity contribution in [2.75, 3.05) is 0 Å². The molecule has 0 aliphatic rings. The molecule has 0 atom stereocenters. The molecule has 4 heteroatoms. The van der Waals surface area contributed by atoms with Gasteiger partial charge >= 0.3 is 0 Å². The summed E-state index contributed by atoms with van der Waals surface area (Å²) in [6, 6.07) is 4.62. The van der Waals surface area contributed by atoms with Crippen molar-refractivity contribution in [3.8, 4) is 6.07 Å². The van der Waals surface area contributed by atoms with E-state index in [4.69, 9.17) is 5.26 Å². The van der Waals surface area contributed by atoms with Crippen LogP contribution in [0.5, 0.6) is 0 Å². The predicted molar refractivity (Wildman–Crippen MR) is 40.8 cm³/mol. The van der Waals surface area contributed by atoms with Gasteiger partial charge in [0.05, 0.1) is 11.7 Å². The maximum Gasteiger partial charge on any atom is 0.143 e. The third kappa shape index (κ3) is 0.768. The summed E-state index contributed by atoms with van der Waals surface area (Å²) in [6.45, 7) is 0. The molecular formula is C8H4FN3. The van der Waals surface area contributed by atoms with E-state index in [1.165, 1.54) is 6.07 Å². The van der Waals surface area contributed by atoms with Gasteiger partial charge in [0.2, 0.25) is 0 Å². The third-order valence-electron chi connectivity index (χ3n) is 1.68. The largest absolute Gasteiger partial charge is 0.276 e. The Morgan fingerprint density at radius 2 is 2.33 bits per heavy atom. The number of nitrogens with zero attached hydrogens (tertiary/aromatic N) is 2. The van der Waals surface area contributed by atoms with Gasteiger partial charge < -0.3 is 0 Å². The van der Waals surface area contributed by atoms with Gasteiger partial charge in [-0.3, -0.25) is 5.10 Å². The lowest BCUT2D eigenvalue weighted by atomic mass is 10.1. The Labute approximate surface area is 67.4 Å². The maximum absolute atomic E-state index is 12.9. The Morgan fingerprint density at radius 3 is 3.08 bits per heavy atom. The fourth-order valence-electron chi connectivity index (χ4n) is 1.10. The van der Waals surface area contributed by atoms with Gasteiger partial charge in [0, 0.05) is 5.39 Å². The van der Waals surface area contributed by atoms with Gasteiger partial charge in [-0.1, -0.05) is 0 Å². The topological polar surface area (TPSA) is 52.5 Å². The van der Waals surface area contributed by atoms with E-state index in [0.717, 1.165) is 5.39 Å². The standard InChI is InChI=1S/C8H4FN3/c9-7-2-1-5-4-11-12-8(5)6(7)3-10/h1-2,4H,(H,11,12). The number of H-pyrrole nitrogens is 1. The van der Waals surface area contributed by atoms with Crippen LogP contribution in [-0.4, -0.2) is 10.2 Å². The number of aromatic amines is 1. The van der Waals surface area contributed by atoms with Gasteiger partial charge in [0.1, 0.15) is 17.4 Å². The second-order valence-corrected chi connectivity index (χ2v) is 2.37. The molecule has 0 aliphatic carbocycles. The van der Waals surface area contributed by atoms with Crippen LogP contribution in [0.3, 0.4) is 0 Å². The number of benzene rings is 1. The summed E-state index contributed by atoms with van der Waals surface area (Å²) >= 11 is 0. The summed E-state index contributed by atoms with van der Waals surface area (Å²) < 4.78 is 12.9. The average Bonchev–Trinajstić information content (AvgIpc) is 2.52. The fourth-order valence-corrected chi connectivity index (χ4v) is 1.10. The number of rotatable bonds is 0. The van der Waals surface area contributed by atoms with Crippen LogP contribution in [0.2, 0.25) is 0 Å². The lowest BCUT2D eigenvalue weighted by Crippen LogP contribution is -1.84. The molecule has 0 saturated carbocycles. The summed E-state index contributed by atoms with van der Waals surface area (Å²) in [4.78, 5) is 0. The van der Waals surface area contributed by atoms with Crippen LogP contribution in [0.25, 0.3) is 10.9 Å². The molecule has 0 spiro atoms. The molecule has 1 aromatic heterocycles. The second-order valence-electron chi connectivity index (χ2n) is 2.37. The first kappa shape index (κ1) is 6.80. The van der Waals surface area contributed by atoms with Crippen molar-refractivity contribution in [2.24, 2.45) is 0 Å². The van der Waals surface area contributed by atoms with E-state index < -0.39 is 5.82 Å². The van der Waals surface area contributed by atoms with Gasteiger partial charge in [-0.25, -0.2) is 4.39 Å². The molecule has 0 saturated heterocycles. The van der Waals surface area contributed by atoms with Crippen LogP contribution in [-0.2, 0) is 0 Å². The molecule has 0 aliphatic heterocycles. The molecule has 1 heterocycles. The van der Waals surface area contributed by atoms with Crippen LogP contribution in [0, 0.1) is 17.1 Å². The number of nitriles is 1. The molecule has 58 valence electrons. The van der Waals surface area contributed by atoms with Crippen molar-refractivity contribution >= 4 is 10.9 Å². The van der Waals surface area contributed by atoms with E-state index in [-0.39, 0.29) is 5.56 Å². The van der Waals surface area contributed by atoms with Crippen LogP contribution in [0.1, 0.15) is 5.56 Å². The first-order valence-electron chi connectivity index (χ1n) is 3.34. The molecule has 0 bridgehead atoms. The van der Waals surface area contributed by atoms with E-state index in [1.54, 1.807) is 18.3 Å². The van der Waals surface area contributed by atoms with Crippen LogP contribution >= 0.6 is 0 Å². The summed E-state index contributed by atoms with van der Waals surface area (Å²) in [5.74, 6) is -0.519. The molecular weight excluding hydrogens is 157 g/mol. The lowest BCUT2D eigenvalue weighted by molar-refractivity contribution is 0.625. The van der Waals surface area contributed by atoms with E-state index in [1.807, 2.05) is 0 Å². The maximum atomic E-state index is 12.9. The highest BCUT2D eigenvalue weighted by Crippen LogP contribution is 2.17. The zero-order valence-electron chi connectivity index (χ0n) is 6.00. The predicted octanol–water partition coefficient (Wildman–Crippen LogP) is 1.57. The van der Waals surface area contributed by atoms with Crippen LogP contribution in [0.4, 0.5) is 4.39 Å². The number of hydrogen-bond donors (Lipinski definition) is 1. The van der Waals surface area contributed by atoms with Gasteiger partial charge in [0.15, 0.2) is 0 Å². The van der Waals surface area contributed by atoms with E-state index in [0.29, 0.717) is 5.52 Å². The molecule has 2 rings (SSSR count). The van der Waals surface area contributed by atoms with E-state index in [2.05, 4.69) is 10.2 Å². The van der Waals surface area contributed by atoms with E-state index in [9.17, 15) is 4.39 Å². The Kier molecular flexibility index (Phi) is 1.31. The van der Waals surface area contributed by atoms with Gasteiger partial charge in [-0.05, 0) is 12.1 Å². The number of fused-ring (bicyclic) bond motifs is 1. The van der Waals surface area contributed by atoms with Gasteiger partial charge in [0.25, 0.3) is 0 Å². The first-order valence-corrected chi connectivity index (χ1v) is 3.34. The fraction of sp³-hybridized carbons (Fsp3) is 0. The Balaban J connectivity index is 2.94. The summed E-state index contributed by atoms with van der Waals surface area (Å²) in [6.07, 6.45) is 1.55. The monoisotopic (exact) mass is 161 g/mol. The number of halogens is 1. The van der Waals surface area contributed by atoms with Gasteiger partial charge in [-0.2, -0.15) is 10.4 Å². The molecule has 3 nitrogen and oxygen atoms in total. The lowest BCUT2D eigenvalue weighted by Gasteiger charge is -1.92. The van der Waals surface area contributed by atoms with Crippen molar-refractivity contribution in [1.29, 1.82) is 5.26 Å². The number of aromatic nitrogens is 2. The normalized spacial score (nSPS) is 10.0. The van der Waals surface area contributed by atoms with Crippen molar-refractivity contribution in [3.63, 3.8) is 0 Å². The van der Waals surface area contributed by atoms with Crippen LogP contribution in [0.15, 0.2) is 18.3 Å². The molecule has 12 heavy (non-hydrogen) atoms. The SMILES string of the molecule is N#Cc1c(F)ccc2cn[nH]c12. The Hall–Kier alpha value is -1.89. The molecule has 0 fully saturated rings. The summed E-state index contributed by atoms with van der Waals surface area (Å²) in [7, 11) is 0. The first-order chi connectivity index (χ1) is 5.83. The number of hydrogen-bond acceptors (Lipinski definition) is 2. The zero-order chi connectivity index (χ0) is 8.55. The molecule has 1 aromatic carbocycles. The molecule has 0 unspecified atom stereocenters. The summed E-state index contributed by atoms with van der Waals surface area (Å²) in [5.41, 5.74) is 0.475. The Morgan fingerprint density at radius 1 is 1.50 bits per heavy atom. The highest BCUT2D eigenvalue weighted by Gasteiger charge is 2.07. The average molecular weight is 161 g/mol. The third-order valence-corrected chi connectivity index (χ3v) is 1.68. The van der Waals surface area contributed by atoms with Crippen molar-refractivity contribution in [2.45, 2.75) is 0 Å². The Bertz CT molecular complexity index is 467. The van der Waals surface area contributed by atoms with Gasteiger partial charge in [-0.15, -0.1) is 0 Å². The van der Waals surface area contributed by atoms with E-state index >= 15 is 0 Å². The molecule has 0 amide bonds. The highest BCUT2D eigenvalue weighted by molar-refractivity contribution is 5.83. The van der Waals surface area contributed by atoms with Crippen molar-refractivity contribution in [1.82, 2.24) is 10.2 Å². The minimum Gasteiger partial charge on any atom is -0.276 e. The molecule has 0 radical (unpaired) electrons. The highest BCUT2D eigenvalue weighted by atomic mass is 19.1. The summed E-state index contributed by atoms with van der Waals surface area (Å²) in [5, 5.41) is 15.6. The van der Waals surface area contributed by atoms with Crippen molar-refractivity contribution < 1.29 is 4.39 Å². The molecule has 2 aromatic rings. The number of nitrogens with one attached hydrogen (secondary N) is 1.